The lowest BCUT2D eigenvalue weighted by atomic mass is 9.89. The summed E-state index contributed by atoms with van der Waals surface area (Å²) in [6.45, 7) is 1.48. The Kier molecular flexibility index (Phi) is 5.85. The highest BCUT2D eigenvalue weighted by atomic mass is 32.1. The highest BCUT2D eigenvalue weighted by Crippen LogP contribution is 2.45. The van der Waals surface area contributed by atoms with Crippen LogP contribution in [-0.2, 0) is 27.1 Å². The summed E-state index contributed by atoms with van der Waals surface area (Å²) in [7, 11) is 0. The molecule has 0 radical (unpaired) electrons. The normalized spacial score (nSPS) is 12.0. The first-order valence-electron chi connectivity index (χ1n) is 10.9. The summed E-state index contributed by atoms with van der Waals surface area (Å²) in [5.74, 6) is -1.63. The van der Waals surface area contributed by atoms with E-state index < -0.39 is 24.5 Å². The number of aromatic amines is 1. The van der Waals surface area contributed by atoms with Gasteiger partial charge >= 0.3 is 11.9 Å². The average Bonchev–Trinajstić information content (AvgIpc) is 3.46. The number of anilines is 1. The van der Waals surface area contributed by atoms with Crippen LogP contribution in [0.5, 0.6) is 0 Å². The van der Waals surface area contributed by atoms with E-state index in [-0.39, 0.29) is 6.61 Å². The van der Waals surface area contributed by atoms with Crippen molar-refractivity contribution in [1.82, 2.24) is 9.97 Å². The van der Waals surface area contributed by atoms with Gasteiger partial charge in [0, 0.05) is 4.88 Å². The Labute approximate surface area is 198 Å². The van der Waals surface area contributed by atoms with Crippen molar-refractivity contribution in [1.29, 1.82) is 0 Å². The fraction of sp³-hybridized carbons (Fsp3) is 0.200. The number of ether oxygens (including phenoxy) is 2. The van der Waals surface area contributed by atoms with Crippen molar-refractivity contribution in [2.75, 3.05) is 18.5 Å². The van der Waals surface area contributed by atoms with Crippen LogP contribution in [0.15, 0.2) is 48.8 Å². The smallest absolute Gasteiger partial charge is 0.341 e. The number of thiophene rings is 1. The average molecular weight is 476 g/mol. The van der Waals surface area contributed by atoms with Gasteiger partial charge in [0.2, 0.25) is 0 Å². The van der Waals surface area contributed by atoms with Gasteiger partial charge in [0.05, 0.1) is 35.1 Å². The second kappa shape index (κ2) is 9.11. The maximum Gasteiger partial charge on any atom is 0.341 e. The predicted octanol–water partition coefficient (Wildman–Crippen LogP) is 4.36. The molecule has 0 atom stereocenters. The number of H-pyrrole nitrogens is 1. The number of carbonyl (C=O) groups excluding carboxylic acids is 3. The Bertz CT molecular complexity index is 1420. The van der Waals surface area contributed by atoms with Gasteiger partial charge in [0.1, 0.15) is 5.00 Å². The lowest BCUT2D eigenvalue weighted by Crippen LogP contribution is -2.22. The molecule has 2 aromatic heterocycles. The number of rotatable bonds is 6. The topological polar surface area (TPSA) is 110 Å². The molecule has 34 heavy (non-hydrogen) atoms. The summed E-state index contributed by atoms with van der Waals surface area (Å²) < 4.78 is 10.5. The minimum absolute atomic E-state index is 0.228. The van der Waals surface area contributed by atoms with Crippen LogP contribution in [0.25, 0.3) is 21.5 Å². The van der Waals surface area contributed by atoms with Gasteiger partial charge in [-0.3, -0.25) is 4.79 Å². The van der Waals surface area contributed by atoms with Gasteiger partial charge in [-0.1, -0.05) is 24.3 Å². The predicted molar refractivity (Wildman–Crippen MR) is 128 cm³/mol. The largest absolute Gasteiger partial charge is 0.462 e. The van der Waals surface area contributed by atoms with Crippen molar-refractivity contribution in [3.05, 3.63) is 71.0 Å². The van der Waals surface area contributed by atoms with Crippen LogP contribution in [0.4, 0.5) is 5.00 Å². The van der Waals surface area contributed by atoms with Crippen molar-refractivity contribution in [2.45, 2.75) is 19.8 Å². The summed E-state index contributed by atoms with van der Waals surface area (Å²) >= 11 is 1.34. The van der Waals surface area contributed by atoms with Gasteiger partial charge in [0.25, 0.3) is 5.91 Å². The Morgan fingerprint density at radius 3 is 2.79 bits per heavy atom. The number of imidazole rings is 1. The van der Waals surface area contributed by atoms with Crippen LogP contribution in [0.3, 0.4) is 0 Å². The molecule has 2 N–H and O–H groups in total. The molecule has 0 saturated heterocycles. The van der Waals surface area contributed by atoms with Crippen molar-refractivity contribution in [3.63, 3.8) is 0 Å². The van der Waals surface area contributed by atoms with Crippen LogP contribution in [0.2, 0.25) is 0 Å². The molecule has 5 rings (SSSR count). The third-order valence-corrected chi connectivity index (χ3v) is 6.82. The molecule has 2 heterocycles. The summed E-state index contributed by atoms with van der Waals surface area (Å²) in [5.41, 5.74) is 5.24. The number of benzene rings is 2. The first-order valence-corrected chi connectivity index (χ1v) is 11.7. The molecule has 2 aromatic carbocycles. The van der Waals surface area contributed by atoms with E-state index in [1.807, 2.05) is 18.2 Å². The van der Waals surface area contributed by atoms with E-state index in [1.54, 1.807) is 25.1 Å². The highest BCUT2D eigenvalue weighted by molar-refractivity contribution is 7.20. The van der Waals surface area contributed by atoms with Crippen LogP contribution < -0.4 is 5.32 Å². The zero-order chi connectivity index (χ0) is 23.7. The molecule has 1 aliphatic rings. The summed E-state index contributed by atoms with van der Waals surface area (Å²) in [6, 6.07) is 12.9. The number of amides is 1. The number of aryl methyl sites for hydroxylation is 1. The lowest BCUT2D eigenvalue weighted by Gasteiger charge is -2.16. The van der Waals surface area contributed by atoms with Crippen LogP contribution in [0.1, 0.15) is 38.8 Å². The quantitative estimate of drug-likeness (QED) is 0.401. The molecule has 0 unspecified atom stereocenters. The third-order valence-electron chi connectivity index (χ3n) is 5.64. The molecule has 172 valence electrons. The van der Waals surface area contributed by atoms with Crippen molar-refractivity contribution < 1.29 is 23.9 Å². The molecule has 1 aliphatic carbocycles. The Balaban J connectivity index is 1.35. The highest BCUT2D eigenvalue weighted by Gasteiger charge is 2.29. The minimum Gasteiger partial charge on any atom is -0.462 e. The molecule has 0 aliphatic heterocycles. The van der Waals surface area contributed by atoms with Gasteiger partial charge in [-0.15, -0.1) is 11.3 Å². The van der Waals surface area contributed by atoms with Crippen molar-refractivity contribution in [3.8, 4) is 10.4 Å². The molecule has 9 heteroatoms. The maximum atomic E-state index is 12.8. The number of aromatic nitrogens is 2. The number of nitrogens with one attached hydrogen (secondary N) is 2. The Hall–Kier alpha value is -3.98. The Morgan fingerprint density at radius 2 is 1.94 bits per heavy atom. The third kappa shape index (κ3) is 4.06. The number of esters is 2. The van der Waals surface area contributed by atoms with Gasteiger partial charge in [-0.05, 0) is 54.7 Å². The molecule has 1 amide bonds. The van der Waals surface area contributed by atoms with E-state index in [1.165, 1.54) is 23.2 Å². The van der Waals surface area contributed by atoms with Crippen molar-refractivity contribution >= 4 is 45.2 Å². The number of nitrogens with zero attached hydrogens (tertiary/aromatic N) is 1. The standard InChI is InChI=1S/C25H21N3O5S/c1-2-32-25(31)21-17-9-7-14-5-3-4-6-16(14)22(17)34-23(21)28-20(29)12-33-24(30)15-8-10-18-19(11-15)27-13-26-18/h3-6,8,10-11,13H,2,7,9,12H2,1H3,(H,26,27)(H,28,29). The van der Waals surface area contributed by atoms with E-state index in [2.05, 4.69) is 21.4 Å². The van der Waals surface area contributed by atoms with Gasteiger partial charge in [-0.2, -0.15) is 0 Å². The van der Waals surface area contributed by atoms with Gasteiger partial charge < -0.3 is 19.8 Å². The van der Waals surface area contributed by atoms with Crippen LogP contribution in [0, 0.1) is 0 Å². The minimum atomic E-state index is -0.628. The first-order chi connectivity index (χ1) is 16.5. The Morgan fingerprint density at radius 1 is 1.09 bits per heavy atom. The van der Waals surface area contributed by atoms with Crippen LogP contribution in [-0.4, -0.2) is 41.0 Å². The monoisotopic (exact) mass is 475 g/mol. The van der Waals surface area contributed by atoms with E-state index in [4.69, 9.17) is 9.47 Å². The number of fused-ring (bicyclic) bond motifs is 4. The second-order valence-electron chi connectivity index (χ2n) is 7.75. The summed E-state index contributed by atoms with van der Waals surface area (Å²) in [6.07, 6.45) is 3.02. The SMILES string of the molecule is CCOC(=O)c1c(NC(=O)COC(=O)c2ccc3nc[nH]c3c2)sc2c1CCc1ccccc1-2. The zero-order valence-corrected chi connectivity index (χ0v) is 19.2. The fourth-order valence-corrected chi connectivity index (χ4v) is 5.40. The first kappa shape index (κ1) is 21.8. The molecular weight excluding hydrogens is 454 g/mol. The van der Waals surface area contributed by atoms with Gasteiger partial charge in [0.15, 0.2) is 6.61 Å². The molecule has 8 nitrogen and oxygen atoms in total. The van der Waals surface area contributed by atoms with Gasteiger partial charge in [-0.25, -0.2) is 14.6 Å². The number of hydrogen-bond donors (Lipinski definition) is 2. The van der Waals surface area contributed by atoms with E-state index in [0.29, 0.717) is 28.1 Å². The van der Waals surface area contributed by atoms with Crippen LogP contribution >= 0.6 is 11.3 Å². The molecule has 0 spiro atoms. The van der Waals surface area contributed by atoms with Crippen molar-refractivity contribution in [2.24, 2.45) is 0 Å². The number of carbonyl (C=O) groups is 3. The number of hydrogen-bond acceptors (Lipinski definition) is 7. The second-order valence-corrected chi connectivity index (χ2v) is 8.77. The molecule has 4 aromatic rings. The lowest BCUT2D eigenvalue weighted by molar-refractivity contribution is -0.119. The van der Waals surface area contributed by atoms with E-state index in [9.17, 15) is 14.4 Å². The molecule has 0 saturated carbocycles. The maximum absolute atomic E-state index is 12.8. The fourth-order valence-electron chi connectivity index (χ4n) is 4.09. The molecule has 0 bridgehead atoms. The zero-order valence-electron chi connectivity index (χ0n) is 18.3. The molecular formula is C25H21N3O5S. The summed E-state index contributed by atoms with van der Waals surface area (Å²) in [4.78, 5) is 45.8. The molecule has 0 fully saturated rings. The van der Waals surface area contributed by atoms with E-state index >= 15 is 0 Å². The van der Waals surface area contributed by atoms with E-state index in [0.717, 1.165) is 27.9 Å². The summed E-state index contributed by atoms with van der Waals surface area (Å²) in [5, 5.41) is 3.16.